The predicted octanol–water partition coefficient (Wildman–Crippen LogP) is 1.22. The Kier molecular flexibility index (Phi) is 6.75. The summed E-state index contributed by atoms with van der Waals surface area (Å²) < 4.78 is 28.9. The van der Waals surface area contributed by atoms with E-state index in [1.807, 2.05) is 0 Å². The summed E-state index contributed by atoms with van der Waals surface area (Å²) in [5.74, 6) is -0.0550. The first-order chi connectivity index (χ1) is 16.2. The van der Waals surface area contributed by atoms with Gasteiger partial charge in [-0.1, -0.05) is 0 Å². The van der Waals surface area contributed by atoms with Crippen LogP contribution in [0.2, 0.25) is 0 Å². The second kappa shape index (κ2) is 9.73. The van der Waals surface area contributed by atoms with E-state index >= 15 is 0 Å². The number of rotatable bonds is 7. The third-order valence-electron chi connectivity index (χ3n) is 5.16. The molecule has 0 aliphatic carbocycles. The van der Waals surface area contributed by atoms with Crippen LogP contribution >= 0.6 is 0 Å². The van der Waals surface area contributed by atoms with E-state index < -0.39 is 16.1 Å². The number of aromatic nitrogens is 4. The van der Waals surface area contributed by atoms with Gasteiger partial charge in [0.15, 0.2) is 5.65 Å². The van der Waals surface area contributed by atoms with E-state index in [2.05, 4.69) is 30.4 Å². The monoisotopic (exact) mass is 486 g/mol. The number of carbonyl (C=O) groups excluding carboxylic acids is 2. The number of likely N-dealkylation sites (tertiary alicyclic amines) is 1. The molecule has 4 heterocycles. The van der Waals surface area contributed by atoms with Crippen molar-refractivity contribution in [1.82, 2.24) is 34.5 Å². The Hall–Kier alpha value is -3.58. The van der Waals surface area contributed by atoms with E-state index in [0.29, 0.717) is 16.8 Å². The lowest BCUT2D eigenvalue weighted by Gasteiger charge is -2.15. The minimum Gasteiger partial charge on any atom is -0.341 e. The molecule has 0 saturated carbocycles. The summed E-state index contributed by atoms with van der Waals surface area (Å²) in [7, 11) is -3.69. The van der Waals surface area contributed by atoms with Crippen molar-refractivity contribution in [3.63, 3.8) is 0 Å². The first kappa shape index (κ1) is 23.6. The minimum absolute atomic E-state index is 0.0555. The van der Waals surface area contributed by atoms with Crippen molar-refractivity contribution in [3.05, 3.63) is 36.8 Å². The van der Waals surface area contributed by atoms with Gasteiger partial charge in [0.1, 0.15) is 4.90 Å². The standard InChI is InChI=1S/C21H26N8O4S/c1-14(2)27-34(32,33)17-9-16(10-22-11-17)15-5-6-18-24-20(26-29(18)13-15)25-21(31)23-12-19(30)28-7-3-4-8-28/h5-6,9-11,13-14,27H,3-4,7-8,12H2,1-2H3,(H2,23,25,26,31). The fourth-order valence-corrected chi connectivity index (χ4v) is 4.83. The normalized spacial score (nSPS) is 14.0. The minimum atomic E-state index is -3.69. The largest absolute Gasteiger partial charge is 0.341 e. The van der Waals surface area contributed by atoms with E-state index in [9.17, 15) is 18.0 Å². The van der Waals surface area contributed by atoms with Crippen LogP contribution in [-0.2, 0) is 14.8 Å². The zero-order chi connectivity index (χ0) is 24.3. The van der Waals surface area contributed by atoms with E-state index in [-0.39, 0.29) is 29.3 Å². The number of urea groups is 1. The highest BCUT2D eigenvalue weighted by atomic mass is 32.2. The van der Waals surface area contributed by atoms with Gasteiger partial charge in [-0.05, 0) is 44.9 Å². The van der Waals surface area contributed by atoms with Gasteiger partial charge in [-0.3, -0.25) is 15.1 Å². The Balaban J connectivity index is 1.46. The quantitative estimate of drug-likeness (QED) is 0.454. The number of carbonyl (C=O) groups is 2. The summed E-state index contributed by atoms with van der Waals surface area (Å²) in [6.45, 7) is 4.82. The van der Waals surface area contributed by atoms with Crippen LogP contribution in [0.15, 0.2) is 41.7 Å². The van der Waals surface area contributed by atoms with Crippen LogP contribution in [-0.4, -0.2) is 70.5 Å². The van der Waals surface area contributed by atoms with Gasteiger partial charge in [0.25, 0.3) is 5.95 Å². The van der Waals surface area contributed by atoms with Crippen molar-refractivity contribution in [2.45, 2.75) is 37.6 Å². The van der Waals surface area contributed by atoms with Gasteiger partial charge in [-0.2, -0.15) is 4.98 Å². The zero-order valence-electron chi connectivity index (χ0n) is 18.9. The number of sulfonamides is 1. The van der Waals surface area contributed by atoms with Crippen molar-refractivity contribution < 1.29 is 18.0 Å². The van der Waals surface area contributed by atoms with Gasteiger partial charge in [0.05, 0.1) is 6.54 Å². The molecule has 0 spiro atoms. The topological polar surface area (TPSA) is 151 Å². The van der Waals surface area contributed by atoms with E-state index in [1.54, 1.807) is 43.3 Å². The molecule has 3 aromatic rings. The number of fused-ring (bicyclic) bond motifs is 1. The number of anilines is 1. The van der Waals surface area contributed by atoms with E-state index in [4.69, 9.17) is 0 Å². The number of hydrogen-bond donors (Lipinski definition) is 3. The van der Waals surface area contributed by atoms with Crippen LogP contribution in [0.3, 0.4) is 0 Å². The first-order valence-electron chi connectivity index (χ1n) is 10.9. The van der Waals surface area contributed by atoms with Crippen molar-refractivity contribution in [2.24, 2.45) is 0 Å². The average molecular weight is 487 g/mol. The Labute approximate surface area is 196 Å². The van der Waals surface area contributed by atoms with Gasteiger partial charge in [0, 0.05) is 48.8 Å². The number of hydrogen-bond acceptors (Lipinski definition) is 7. The van der Waals surface area contributed by atoms with Gasteiger partial charge in [0.2, 0.25) is 15.9 Å². The number of nitrogens with zero attached hydrogens (tertiary/aromatic N) is 5. The molecule has 1 saturated heterocycles. The van der Waals surface area contributed by atoms with Crippen molar-refractivity contribution >= 4 is 33.6 Å². The molecule has 180 valence electrons. The molecule has 12 nitrogen and oxygen atoms in total. The lowest BCUT2D eigenvalue weighted by Crippen LogP contribution is -2.40. The van der Waals surface area contributed by atoms with Crippen LogP contribution < -0.4 is 15.4 Å². The van der Waals surface area contributed by atoms with Crippen LogP contribution in [0.4, 0.5) is 10.7 Å². The summed E-state index contributed by atoms with van der Waals surface area (Å²) >= 11 is 0. The molecule has 1 aliphatic heterocycles. The van der Waals surface area contributed by atoms with Crippen LogP contribution in [0.25, 0.3) is 16.8 Å². The molecule has 3 amide bonds. The molecule has 34 heavy (non-hydrogen) atoms. The fraction of sp³-hybridized carbons (Fsp3) is 0.381. The lowest BCUT2D eigenvalue weighted by molar-refractivity contribution is -0.128. The maximum Gasteiger partial charge on any atom is 0.322 e. The van der Waals surface area contributed by atoms with Crippen LogP contribution in [0.5, 0.6) is 0 Å². The smallest absolute Gasteiger partial charge is 0.322 e. The average Bonchev–Trinajstić information content (AvgIpc) is 3.46. The summed E-state index contributed by atoms with van der Waals surface area (Å²) in [5.41, 5.74) is 1.72. The highest BCUT2D eigenvalue weighted by Gasteiger charge is 2.19. The molecule has 3 N–H and O–H groups in total. The number of pyridine rings is 2. The van der Waals surface area contributed by atoms with Crippen molar-refractivity contribution in [3.8, 4) is 11.1 Å². The van der Waals surface area contributed by atoms with Gasteiger partial charge in [-0.25, -0.2) is 22.4 Å². The maximum atomic E-state index is 12.5. The van der Waals surface area contributed by atoms with E-state index in [0.717, 1.165) is 25.9 Å². The third kappa shape index (κ3) is 5.48. The summed E-state index contributed by atoms with van der Waals surface area (Å²) in [4.78, 5) is 34.3. The highest BCUT2D eigenvalue weighted by Crippen LogP contribution is 2.22. The molecule has 1 aliphatic rings. The van der Waals surface area contributed by atoms with Gasteiger partial charge in [-0.15, -0.1) is 5.10 Å². The Bertz CT molecular complexity index is 1320. The third-order valence-corrected chi connectivity index (χ3v) is 6.79. The molecule has 1 fully saturated rings. The maximum absolute atomic E-state index is 12.5. The summed E-state index contributed by atoms with van der Waals surface area (Å²) in [5, 5.41) is 9.28. The molecule has 0 radical (unpaired) electrons. The van der Waals surface area contributed by atoms with E-state index in [1.165, 1.54) is 16.8 Å². The molecule has 0 aromatic carbocycles. The predicted molar refractivity (Wildman–Crippen MR) is 125 cm³/mol. The van der Waals surface area contributed by atoms with Crippen molar-refractivity contribution in [1.29, 1.82) is 0 Å². The molecular formula is C21H26N8O4S. The van der Waals surface area contributed by atoms with Gasteiger partial charge < -0.3 is 10.2 Å². The van der Waals surface area contributed by atoms with Crippen LogP contribution in [0.1, 0.15) is 26.7 Å². The fourth-order valence-electron chi connectivity index (χ4n) is 3.59. The Morgan fingerprint density at radius 1 is 1.12 bits per heavy atom. The number of amides is 3. The second-order valence-electron chi connectivity index (χ2n) is 8.24. The zero-order valence-corrected chi connectivity index (χ0v) is 19.7. The highest BCUT2D eigenvalue weighted by molar-refractivity contribution is 7.89. The second-order valence-corrected chi connectivity index (χ2v) is 9.95. The SMILES string of the molecule is CC(C)NS(=O)(=O)c1cncc(-c2ccc3nc(NC(=O)NCC(=O)N4CCCC4)nn3c2)c1. The van der Waals surface area contributed by atoms with Crippen molar-refractivity contribution in [2.75, 3.05) is 25.0 Å². The van der Waals surface area contributed by atoms with Crippen LogP contribution in [0, 0.1) is 0 Å². The Morgan fingerprint density at radius 3 is 2.62 bits per heavy atom. The molecule has 4 rings (SSSR count). The van der Waals surface area contributed by atoms with Gasteiger partial charge >= 0.3 is 6.03 Å². The summed E-state index contributed by atoms with van der Waals surface area (Å²) in [6.07, 6.45) is 6.46. The first-order valence-corrected chi connectivity index (χ1v) is 12.4. The lowest BCUT2D eigenvalue weighted by atomic mass is 10.1. The summed E-state index contributed by atoms with van der Waals surface area (Å²) in [6, 6.07) is 4.15. The number of nitrogens with one attached hydrogen (secondary N) is 3. The molecule has 0 atom stereocenters. The molecule has 3 aromatic heterocycles. The molecule has 0 bridgehead atoms. The molecule has 0 unspecified atom stereocenters. The Morgan fingerprint density at radius 2 is 1.88 bits per heavy atom. The molecular weight excluding hydrogens is 460 g/mol. The molecule has 13 heteroatoms.